The van der Waals surface area contributed by atoms with Crippen LogP contribution < -0.4 is 10.6 Å². The van der Waals surface area contributed by atoms with Crippen molar-refractivity contribution in [3.63, 3.8) is 0 Å². The zero-order chi connectivity index (χ0) is 23.3. The minimum Gasteiger partial charge on any atom is -0.345 e. The largest absolute Gasteiger partial charge is 0.345 e. The summed E-state index contributed by atoms with van der Waals surface area (Å²) in [5.74, 6) is -3.02. The van der Waals surface area contributed by atoms with Crippen LogP contribution in [-0.2, 0) is 33.3 Å². The van der Waals surface area contributed by atoms with Crippen LogP contribution in [0.3, 0.4) is 0 Å². The van der Waals surface area contributed by atoms with Crippen LogP contribution in [0.25, 0.3) is 0 Å². The Morgan fingerprint density at radius 3 is 2.41 bits per heavy atom. The lowest BCUT2D eigenvalue weighted by Crippen LogP contribution is -2.59. The number of non-ortho nitro benzene ring substituents is 1. The third kappa shape index (κ3) is 4.59. The fourth-order valence-corrected chi connectivity index (χ4v) is 3.99. The van der Waals surface area contributed by atoms with Crippen LogP contribution in [0.5, 0.6) is 0 Å². The average Bonchev–Trinajstić information content (AvgIpc) is 3.19. The molecule has 3 aliphatic heterocycles. The van der Waals surface area contributed by atoms with Gasteiger partial charge in [-0.1, -0.05) is 6.07 Å². The van der Waals surface area contributed by atoms with Gasteiger partial charge in [0.05, 0.1) is 11.5 Å². The number of nitrogens with zero attached hydrogens (tertiary/aromatic N) is 1. The number of nitro groups is 1. The van der Waals surface area contributed by atoms with Crippen molar-refractivity contribution in [2.45, 2.75) is 70.0 Å². The zero-order valence-corrected chi connectivity index (χ0v) is 18.0. The number of nitrogens with one attached hydrogen (secondary N) is 2. The second-order valence-electron chi connectivity index (χ2n) is 8.66. The lowest BCUT2D eigenvalue weighted by Gasteiger charge is -2.36. The number of carbonyl (C=O) groups is 2. The average molecular weight is 451 g/mol. The maximum atomic E-state index is 12.9. The van der Waals surface area contributed by atoms with Crippen LogP contribution >= 0.6 is 0 Å². The first kappa shape index (κ1) is 22.6. The highest BCUT2D eigenvalue weighted by Crippen LogP contribution is 2.44. The standard InChI is InChI=1S/C20H25N3O9/c1-19(2)29-13-14(30-19)16-18(32-20(3,4)31-16)28-15(13)17(25)21-9-12(24)22-10-6-5-7-11(8-10)23(26)27/h5-8,13-16,18H,9H2,1-4H3,(H,21,25)(H,22,24)/t13-,14+,15+,16-,18-/m1/s1. The number of fused-ring (bicyclic) bond motifs is 3. The molecule has 3 aliphatic rings. The minimum atomic E-state index is -1.09. The Morgan fingerprint density at radius 1 is 1.03 bits per heavy atom. The van der Waals surface area contributed by atoms with E-state index in [9.17, 15) is 19.7 Å². The molecule has 3 fully saturated rings. The third-order valence-corrected chi connectivity index (χ3v) is 5.18. The molecule has 174 valence electrons. The molecule has 12 heteroatoms. The lowest BCUT2D eigenvalue weighted by atomic mass is 9.98. The van der Waals surface area contributed by atoms with Crippen LogP contribution in [0, 0.1) is 10.1 Å². The Morgan fingerprint density at radius 2 is 1.69 bits per heavy atom. The molecule has 5 atom stereocenters. The number of carbonyl (C=O) groups excluding carboxylic acids is 2. The lowest BCUT2D eigenvalue weighted by molar-refractivity contribution is -0.384. The molecule has 3 heterocycles. The number of ether oxygens (including phenoxy) is 5. The van der Waals surface area contributed by atoms with Gasteiger partial charge >= 0.3 is 0 Å². The van der Waals surface area contributed by atoms with Gasteiger partial charge < -0.3 is 34.3 Å². The molecule has 0 aromatic heterocycles. The predicted molar refractivity (Wildman–Crippen MR) is 107 cm³/mol. The highest BCUT2D eigenvalue weighted by molar-refractivity contribution is 5.95. The molecule has 32 heavy (non-hydrogen) atoms. The molecule has 2 N–H and O–H groups in total. The summed E-state index contributed by atoms with van der Waals surface area (Å²) in [5, 5.41) is 15.9. The number of benzene rings is 1. The third-order valence-electron chi connectivity index (χ3n) is 5.18. The van der Waals surface area contributed by atoms with Gasteiger partial charge in [0.15, 0.2) is 24.0 Å². The van der Waals surface area contributed by atoms with Gasteiger partial charge in [0.25, 0.3) is 11.6 Å². The molecule has 0 unspecified atom stereocenters. The van der Waals surface area contributed by atoms with E-state index in [1.54, 1.807) is 27.7 Å². The molecule has 0 bridgehead atoms. The van der Waals surface area contributed by atoms with Crippen molar-refractivity contribution in [2.75, 3.05) is 11.9 Å². The maximum Gasteiger partial charge on any atom is 0.271 e. The molecular formula is C20H25N3O9. The summed E-state index contributed by atoms with van der Waals surface area (Å²) >= 11 is 0. The van der Waals surface area contributed by atoms with Crippen LogP contribution in [0.1, 0.15) is 27.7 Å². The SMILES string of the molecule is CC1(C)O[C@H]2[C@@H](O1)[C@@H](C(=O)NCC(=O)Nc1cccc([N+](=O)[O-])c1)O[C@@H]1OC(C)(C)O[C@@H]12. The van der Waals surface area contributed by atoms with Gasteiger partial charge in [-0.05, 0) is 33.8 Å². The first-order valence-electron chi connectivity index (χ1n) is 10.1. The second-order valence-corrected chi connectivity index (χ2v) is 8.66. The number of anilines is 1. The van der Waals surface area contributed by atoms with Crippen molar-refractivity contribution in [2.24, 2.45) is 0 Å². The Labute approximate surface area is 183 Å². The highest BCUT2D eigenvalue weighted by atomic mass is 16.9. The van der Waals surface area contributed by atoms with E-state index in [2.05, 4.69) is 10.6 Å². The van der Waals surface area contributed by atoms with E-state index in [1.807, 2.05) is 0 Å². The molecule has 1 aromatic rings. The summed E-state index contributed by atoms with van der Waals surface area (Å²) in [5.41, 5.74) is 0.0778. The molecular weight excluding hydrogens is 426 g/mol. The summed E-state index contributed by atoms with van der Waals surface area (Å²) in [4.78, 5) is 35.4. The minimum absolute atomic E-state index is 0.161. The summed E-state index contributed by atoms with van der Waals surface area (Å²) in [6, 6.07) is 5.48. The van der Waals surface area contributed by atoms with E-state index in [0.29, 0.717) is 0 Å². The normalized spacial score (nSPS) is 31.9. The Hall–Kier alpha value is -2.64. The fraction of sp³-hybridized carbons (Fsp3) is 0.600. The first-order valence-corrected chi connectivity index (χ1v) is 10.1. The number of amides is 2. The summed E-state index contributed by atoms with van der Waals surface area (Å²) in [7, 11) is 0. The van der Waals surface area contributed by atoms with E-state index in [1.165, 1.54) is 24.3 Å². The Kier molecular flexibility index (Phi) is 5.67. The van der Waals surface area contributed by atoms with Crippen molar-refractivity contribution in [1.29, 1.82) is 0 Å². The second kappa shape index (κ2) is 8.05. The van der Waals surface area contributed by atoms with E-state index in [-0.39, 0.29) is 17.9 Å². The molecule has 0 aliphatic carbocycles. The van der Waals surface area contributed by atoms with Gasteiger partial charge in [-0.3, -0.25) is 19.7 Å². The van der Waals surface area contributed by atoms with Gasteiger partial charge in [-0.2, -0.15) is 0 Å². The number of hydrogen-bond acceptors (Lipinski definition) is 9. The molecule has 2 amide bonds. The first-order chi connectivity index (χ1) is 14.9. The molecule has 3 saturated heterocycles. The van der Waals surface area contributed by atoms with Crippen molar-refractivity contribution >= 4 is 23.2 Å². The molecule has 12 nitrogen and oxygen atoms in total. The number of hydrogen-bond donors (Lipinski definition) is 2. The van der Waals surface area contributed by atoms with Crippen molar-refractivity contribution in [1.82, 2.24) is 5.32 Å². The molecule has 4 rings (SSSR count). The monoisotopic (exact) mass is 451 g/mol. The molecule has 0 saturated carbocycles. The van der Waals surface area contributed by atoms with Crippen LogP contribution in [-0.4, -0.2) is 65.6 Å². The topological polar surface area (TPSA) is 147 Å². The fourth-order valence-electron chi connectivity index (χ4n) is 3.99. The van der Waals surface area contributed by atoms with Gasteiger partial charge in [-0.15, -0.1) is 0 Å². The summed E-state index contributed by atoms with van der Waals surface area (Å²) in [6.45, 7) is 6.54. The molecule has 0 spiro atoms. The van der Waals surface area contributed by atoms with E-state index in [4.69, 9.17) is 23.7 Å². The van der Waals surface area contributed by atoms with E-state index < -0.39 is 59.0 Å². The number of nitro benzene ring substituents is 1. The van der Waals surface area contributed by atoms with Crippen LogP contribution in [0.2, 0.25) is 0 Å². The quantitative estimate of drug-likeness (QED) is 0.495. The van der Waals surface area contributed by atoms with E-state index in [0.717, 1.165) is 0 Å². The van der Waals surface area contributed by atoms with Gasteiger partial charge in [0.2, 0.25) is 5.91 Å². The predicted octanol–water partition coefficient (Wildman–Crippen LogP) is 1.05. The highest BCUT2D eigenvalue weighted by Gasteiger charge is 2.62. The van der Waals surface area contributed by atoms with Crippen molar-refractivity contribution in [3.8, 4) is 0 Å². The number of rotatable bonds is 5. The Bertz CT molecular complexity index is 935. The smallest absolute Gasteiger partial charge is 0.271 e. The van der Waals surface area contributed by atoms with Crippen molar-refractivity contribution in [3.05, 3.63) is 34.4 Å². The van der Waals surface area contributed by atoms with Crippen LogP contribution in [0.4, 0.5) is 11.4 Å². The maximum absolute atomic E-state index is 12.9. The Balaban J connectivity index is 1.40. The van der Waals surface area contributed by atoms with Gasteiger partial charge in [-0.25, -0.2) is 0 Å². The van der Waals surface area contributed by atoms with Crippen molar-refractivity contribution < 1.29 is 38.2 Å². The molecule has 1 aromatic carbocycles. The molecule has 0 radical (unpaired) electrons. The van der Waals surface area contributed by atoms with Gasteiger partial charge in [0, 0.05) is 17.8 Å². The van der Waals surface area contributed by atoms with Crippen LogP contribution in [0.15, 0.2) is 24.3 Å². The van der Waals surface area contributed by atoms with E-state index >= 15 is 0 Å². The summed E-state index contributed by atoms with van der Waals surface area (Å²) < 4.78 is 29.3. The van der Waals surface area contributed by atoms with Gasteiger partial charge in [0.1, 0.15) is 18.3 Å². The zero-order valence-electron chi connectivity index (χ0n) is 18.0. The summed E-state index contributed by atoms with van der Waals surface area (Å²) in [6.07, 6.45) is -3.86.